The zero-order valence-corrected chi connectivity index (χ0v) is 23.4. The molecule has 0 aromatic heterocycles. The van der Waals surface area contributed by atoms with E-state index in [0.717, 1.165) is 65.4 Å². The van der Waals surface area contributed by atoms with Crippen LogP contribution in [0.2, 0.25) is 0 Å². The van der Waals surface area contributed by atoms with Crippen LogP contribution in [0.25, 0.3) is 0 Å². The van der Waals surface area contributed by atoms with Crippen LogP contribution < -0.4 is 0 Å². The van der Waals surface area contributed by atoms with Crippen LogP contribution in [0.5, 0.6) is 0 Å². The molecular formula is C33H42N4O2. The highest BCUT2D eigenvalue weighted by Gasteiger charge is 2.29. The largest absolute Gasteiger partial charge is 0.478 e. The number of carboxylic acid groups (broad SMARTS) is 1. The van der Waals surface area contributed by atoms with Gasteiger partial charge in [0.05, 0.1) is 5.56 Å². The maximum absolute atomic E-state index is 11.1. The smallest absolute Gasteiger partial charge is 0.335 e. The van der Waals surface area contributed by atoms with Crippen molar-refractivity contribution < 1.29 is 9.90 Å². The molecule has 6 nitrogen and oxygen atoms in total. The van der Waals surface area contributed by atoms with Gasteiger partial charge in [0.25, 0.3) is 0 Å². The second-order valence-corrected chi connectivity index (χ2v) is 11.4. The average Bonchev–Trinajstić information content (AvgIpc) is 2.93. The minimum Gasteiger partial charge on any atom is -0.478 e. The minimum atomic E-state index is -0.872. The van der Waals surface area contributed by atoms with E-state index in [1.54, 1.807) is 12.1 Å². The Balaban J connectivity index is 1.11. The highest BCUT2D eigenvalue weighted by molar-refractivity contribution is 5.87. The standard InChI is InChI=1S/C33H42N4O2/c1-26-20-36(23-29-11-13-32(14-12-29)33(38)39)21-27(2)37(26)25-31-10-6-9-30(19-31)24-35-17-15-34(16-18-35)22-28-7-4-3-5-8-28/h3-14,19,26-27H,15-18,20-25H2,1-2H3,(H,38,39)/t26-,27+. The first-order chi connectivity index (χ1) is 18.9. The van der Waals surface area contributed by atoms with Crippen molar-refractivity contribution >= 4 is 5.97 Å². The van der Waals surface area contributed by atoms with Crippen molar-refractivity contribution in [3.8, 4) is 0 Å². The molecule has 0 unspecified atom stereocenters. The molecule has 0 aliphatic carbocycles. The maximum Gasteiger partial charge on any atom is 0.335 e. The maximum atomic E-state index is 11.1. The Morgan fingerprint density at radius 3 is 1.72 bits per heavy atom. The van der Waals surface area contributed by atoms with Gasteiger partial charge in [0, 0.05) is 77.5 Å². The number of benzene rings is 3. The van der Waals surface area contributed by atoms with Crippen molar-refractivity contribution in [2.45, 2.75) is 52.1 Å². The summed E-state index contributed by atoms with van der Waals surface area (Å²) in [5.41, 5.74) is 5.72. The molecule has 2 fully saturated rings. The fourth-order valence-corrected chi connectivity index (χ4v) is 6.16. The molecule has 206 valence electrons. The molecule has 1 N–H and O–H groups in total. The number of carbonyl (C=O) groups is 1. The molecule has 0 amide bonds. The molecule has 6 heteroatoms. The highest BCUT2D eigenvalue weighted by Crippen LogP contribution is 2.22. The lowest BCUT2D eigenvalue weighted by molar-refractivity contribution is 0.0290. The number of piperazine rings is 2. The van der Waals surface area contributed by atoms with Gasteiger partial charge >= 0.3 is 5.97 Å². The van der Waals surface area contributed by atoms with E-state index in [4.69, 9.17) is 5.11 Å². The monoisotopic (exact) mass is 526 g/mol. The molecule has 0 radical (unpaired) electrons. The van der Waals surface area contributed by atoms with Crippen LogP contribution in [0.15, 0.2) is 78.9 Å². The number of aromatic carboxylic acids is 1. The zero-order valence-electron chi connectivity index (χ0n) is 23.4. The molecule has 0 saturated carbocycles. The second-order valence-electron chi connectivity index (χ2n) is 11.4. The molecular weight excluding hydrogens is 484 g/mol. The van der Waals surface area contributed by atoms with Gasteiger partial charge in [-0.15, -0.1) is 0 Å². The van der Waals surface area contributed by atoms with Gasteiger partial charge in [-0.1, -0.05) is 66.7 Å². The van der Waals surface area contributed by atoms with Gasteiger partial charge in [0.1, 0.15) is 0 Å². The lowest BCUT2D eigenvalue weighted by Crippen LogP contribution is -2.55. The molecule has 39 heavy (non-hydrogen) atoms. The van der Waals surface area contributed by atoms with Gasteiger partial charge < -0.3 is 5.11 Å². The van der Waals surface area contributed by atoms with Gasteiger partial charge in [-0.3, -0.25) is 19.6 Å². The van der Waals surface area contributed by atoms with E-state index in [0.29, 0.717) is 17.6 Å². The Bertz CT molecular complexity index is 1200. The van der Waals surface area contributed by atoms with Crippen LogP contribution >= 0.6 is 0 Å². The van der Waals surface area contributed by atoms with Gasteiger partial charge in [0.15, 0.2) is 0 Å². The molecule has 2 aliphatic heterocycles. The van der Waals surface area contributed by atoms with Crippen molar-refractivity contribution in [2.24, 2.45) is 0 Å². The summed E-state index contributed by atoms with van der Waals surface area (Å²) in [5.74, 6) is -0.872. The lowest BCUT2D eigenvalue weighted by Gasteiger charge is -2.44. The number of hydrogen-bond donors (Lipinski definition) is 1. The summed E-state index contributed by atoms with van der Waals surface area (Å²) < 4.78 is 0. The fraction of sp³-hybridized carbons (Fsp3) is 0.424. The van der Waals surface area contributed by atoms with Gasteiger partial charge in [-0.05, 0) is 48.2 Å². The van der Waals surface area contributed by atoms with Crippen molar-refractivity contribution in [3.05, 3.63) is 107 Å². The van der Waals surface area contributed by atoms with E-state index in [9.17, 15) is 4.79 Å². The van der Waals surface area contributed by atoms with Crippen LogP contribution in [-0.2, 0) is 26.2 Å². The molecule has 0 spiro atoms. The van der Waals surface area contributed by atoms with Gasteiger partial charge in [-0.2, -0.15) is 0 Å². The van der Waals surface area contributed by atoms with E-state index in [2.05, 4.69) is 88.0 Å². The Labute approximate surface area is 233 Å². The molecule has 0 bridgehead atoms. The van der Waals surface area contributed by atoms with Crippen LogP contribution in [-0.4, -0.2) is 82.0 Å². The Hall–Kier alpha value is -3.03. The predicted molar refractivity (Wildman–Crippen MR) is 157 cm³/mol. The Morgan fingerprint density at radius 1 is 0.641 bits per heavy atom. The van der Waals surface area contributed by atoms with Crippen molar-refractivity contribution in [2.75, 3.05) is 39.3 Å². The van der Waals surface area contributed by atoms with E-state index < -0.39 is 5.97 Å². The summed E-state index contributed by atoms with van der Waals surface area (Å²) in [6, 6.07) is 28.2. The van der Waals surface area contributed by atoms with E-state index in [-0.39, 0.29) is 0 Å². The molecule has 2 aliphatic rings. The summed E-state index contributed by atoms with van der Waals surface area (Å²) in [4.78, 5) is 21.4. The van der Waals surface area contributed by atoms with Crippen LogP contribution in [0.4, 0.5) is 0 Å². The minimum absolute atomic E-state index is 0.345. The SMILES string of the molecule is C[C@@H]1CN(Cc2ccc(C(=O)O)cc2)C[C@H](C)N1Cc1cccc(CN2CCN(Cc3ccccc3)CC2)c1. The topological polar surface area (TPSA) is 50.3 Å². The van der Waals surface area contributed by atoms with Crippen LogP contribution in [0.1, 0.15) is 46.5 Å². The first kappa shape index (κ1) is 27.5. The van der Waals surface area contributed by atoms with Crippen molar-refractivity contribution in [3.63, 3.8) is 0 Å². The first-order valence-electron chi connectivity index (χ1n) is 14.3. The third-order valence-electron chi connectivity index (χ3n) is 8.26. The summed E-state index contributed by atoms with van der Waals surface area (Å²) >= 11 is 0. The highest BCUT2D eigenvalue weighted by atomic mass is 16.4. The number of nitrogens with zero attached hydrogens (tertiary/aromatic N) is 4. The summed E-state index contributed by atoms with van der Waals surface area (Å²) in [5, 5.41) is 9.15. The van der Waals surface area contributed by atoms with E-state index in [1.807, 2.05) is 12.1 Å². The third-order valence-corrected chi connectivity index (χ3v) is 8.26. The first-order valence-corrected chi connectivity index (χ1v) is 14.3. The normalized spacial score (nSPS) is 21.7. The zero-order chi connectivity index (χ0) is 27.2. The second kappa shape index (κ2) is 12.9. The molecule has 3 aromatic rings. The Kier molecular flexibility index (Phi) is 9.09. The molecule has 2 heterocycles. The van der Waals surface area contributed by atoms with Crippen LogP contribution in [0.3, 0.4) is 0 Å². The Morgan fingerprint density at radius 2 is 1.13 bits per heavy atom. The average molecular weight is 527 g/mol. The number of carboxylic acids is 1. The summed E-state index contributed by atoms with van der Waals surface area (Å²) in [6.07, 6.45) is 0. The molecule has 2 saturated heterocycles. The molecule has 3 aromatic carbocycles. The lowest BCUT2D eigenvalue weighted by atomic mass is 10.0. The van der Waals surface area contributed by atoms with Gasteiger partial charge in [-0.25, -0.2) is 4.79 Å². The fourth-order valence-electron chi connectivity index (χ4n) is 6.16. The molecule has 5 rings (SSSR count). The molecule has 2 atom stereocenters. The number of hydrogen-bond acceptors (Lipinski definition) is 5. The summed E-state index contributed by atoms with van der Waals surface area (Å²) in [6.45, 7) is 15.1. The van der Waals surface area contributed by atoms with Crippen molar-refractivity contribution in [1.82, 2.24) is 19.6 Å². The van der Waals surface area contributed by atoms with Crippen molar-refractivity contribution in [1.29, 1.82) is 0 Å². The van der Waals surface area contributed by atoms with Gasteiger partial charge in [0.2, 0.25) is 0 Å². The number of rotatable bonds is 9. The van der Waals surface area contributed by atoms with E-state index in [1.165, 1.54) is 22.3 Å². The predicted octanol–water partition coefficient (Wildman–Crippen LogP) is 4.80. The summed E-state index contributed by atoms with van der Waals surface area (Å²) in [7, 11) is 0. The third kappa shape index (κ3) is 7.55. The van der Waals surface area contributed by atoms with Crippen LogP contribution in [0, 0.1) is 0 Å². The van der Waals surface area contributed by atoms with E-state index >= 15 is 0 Å². The quantitative estimate of drug-likeness (QED) is 0.432.